The van der Waals surface area contributed by atoms with Crippen molar-refractivity contribution in [3.05, 3.63) is 29.8 Å². The highest BCUT2D eigenvalue weighted by Crippen LogP contribution is 2.19. The maximum absolute atomic E-state index is 11.7. The van der Waals surface area contributed by atoms with Crippen molar-refractivity contribution in [2.24, 2.45) is 0 Å². The van der Waals surface area contributed by atoms with Crippen LogP contribution in [-0.2, 0) is 9.59 Å². The molecule has 1 aliphatic carbocycles. The van der Waals surface area contributed by atoms with Gasteiger partial charge < -0.3 is 10.6 Å². The van der Waals surface area contributed by atoms with Gasteiger partial charge in [-0.1, -0.05) is 26.0 Å². The Morgan fingerprint density at radius 1 is 1.16 bits per heavy atom. The lowest BCUT2D eigenvalue weighted by Gasteiger charge is -2.08. The SMILES string of the molecule is CC(C)c1ccc(NC(=O)CC(=O)NC2CC2)cc1. The van der Waals surface area contributed by atoms with Crippen molar-refractivity contribution >= 4 is 17.5 Å². The summed E-state index contributed by atoms with van der Waals surface area (Å²) >= 11 is 0. The molecule has 0 radical (unpaired) electrons. The van der Waals surface area contributed by atoms with Crippen LogP contribution in [0.15, 0.2) is 24.3 Å². The van der Waals surface area contributed by atoms with Crippen LogP contribution in [0.3, 0.4) is 0 Å². The van der Waals surface area contributed by atoms with Gasteiger partial charge in [0, 0.05) is 11.7 Å². The van der Waals surface area contributed by atoms with E-state index in [0.29, 0.717) is 12.0 Å². The van der Waals surface area contributed by atoms with Gasteiger partial charge in [-0.25, -0.2) is 0 Å². The number of amides is 2. The number of rotatable bonds is 5. The molecule has 1 aromatic carbocycles. The minimum atomic E-state index is -0.268. The van der Waals surface area contributed by atoms with Gasteiger partial charge >= 0.3 is 0 Å². The first-order chi connectivity index (χ1) is 9.04. The zero-order chi connectivity index (χ0) is 13.8. The number of anilines is 1. The van der Waals surface area contributed by atoms with Crippen LogP contribution in [-0.4, -0.2) is 17.9 Å². The van der Waals surface area contributed by atoms with Gasteiger partial charge in [-0.15, -0.1) is 0 Å². The van der Waals surface area contributed by atoms with Gasteiger partial charge in [-0.3, -0.25) is 9.59 Å². The molecule has 4 nitrogen and oxygen atoms in total. The van der Waals surface area contributed by atoms with E-state index in [0.717, 1.165) is 18.5 Å². The molecule has 2 amide bonds. The summed E-state index contributed by atoms with van der Waals surface area (Å²) < 4.78 is 0. The minimum Gasteiger partial charge on any atom is -0.353 e. The lowest BCUT2D eigenvalue weighted by atomic mass is 10.0. The number of hydrogen-bond donors (Lipinski definition) is 2. The Balaban J connectivity index is 1.82. The van der Waals surface area contributed by atoms with Crippen molar-refractivity contribution in [2.45, 2.75) is 45.1 Å². The van der Waals surface area contributed by atoms with Crippen molar-refractivity contribution in [3.8, 4) is 0 Å². The number of benzene rings is 1. The number of hydrogen-bond acceptors (Lipinski definition) is 2. The van der Waals surface area contributed by atoms with Crippen molar-refractivity contribution in [1.29, 1.82) is 0 Å². The molecule has 1 fully saturated rings. The fourth-order valence-electron chi connectivity index (χ4n) is 1.81. The second kappa shape index (κ2) is 5.87. The monoisotopic (exact) mass is 260 g/mol. The number of carbonyl (C=O) groups excluding carboxylic acids is 2. The van der Waals surface area contributed by atoms with Crippen LogP contribution in [0.2, 0.25) is 0 Å². The second-order valence-electron chi connectivity index (χ2n) is 5.34. The highest BCUT2D eigenvalue weighted by atomic mass is 16.2. The summed E-state index contributed by atoms with van der Waals surface area (Å²) in [6.45, 7) is 4.24. The Morgan fingerprint density at radius 3 is 2.32 bits per heavy atom. The molecule has 19 heavy (non-hydrogen) atoms. The molecule has 2 rings (SSSR count). The fraction of sp³-hybridized carbons (Fsp3) is 0.467. The first kappa shape index (κ1) is 13.6. The van der Waals surface area contributed by atoms with Gasteiger partial charge in [0.05, 0.1) is 0 Å². The Labute approximate surface area is 113 Å². The minimum absolute atomic E-state index is 0.109. The summed E-state index contributed by atoms with van der Waals surface area (Å²) in [4.78, 5) is 23.1. The Hall–Kier alpha value is -1.84. The fourth-order valence-corrected chi connectivity index (χ4v) is 1.81. The maximum atomic E-state index is 11.7. The molecule has 102 valence electrons. The van der Waals surface area contributed by atoms with Crippen LogP contribution in [0.25, 0.3) is 0 Å². The normalized spacial score (nSPS) is 14.3. The van der Waals surface area contributed by atoms with Gasteiger partial charge in [0.2, 0.25) is 11.8 Å². The lowest BCUT2D eigenvalue weighted by Crippen LogP contribution is -2.29. The summed E-state index contributed by atoms with van der Waals surface area (Å²) in [7, 11) is 0. The predicted molar refractivity (Wildman–Crippen MR) is 74.9 cm³/mol. The van der Waals surface area contributed by atoms with E-state index in [-0.39, 0.29) is 18.2 Å². The molecule has 0 aromatic heterocycles. The molecule has 2 N–H and O–H groups in total. The Morgan fingerprint density at radius 2 is 1.79 bits per heavy atom. The summed E-state index contributed by atoms with van der Waals surface area (Å²) in [5, 5.41) is 5.53. The van der Waals surface area contributed by atoms with Gasteiger partial charge in [0.25, 0.3) is 0 Å². The zero-order valence-corrected chi connectivity index (χ0v) is 11.4. The van der Waals surface area contributed by atoms with Gasteiger partial charge in [0.15, 0.2) is 0 Å². The van der Waals surface area contributed by atoms with E-state index in [1.54, 1.807) is 0 Å². The Kier molecular flexibility index (Phi) is 4.20. The molecule has 0 saturated heterocycles. The molecule has 4 heteroatoms. The highest BCUT2D eigenvalue weighted by molar-refractivity contribution is 6.03. The average Bonchev–Trinajstić information content (AvgIpc) is 3.13. The van der Waals surface area contributed by atoms with E-state index in [1.165, 1.54) is 5.56 Å². The first-order valence-electron chi connectivity index (χ1n) is 6.74. The highest BCUT2D eigenvalue weighted by Gasteiger charge is 2.24. The molecule has 0 spiro atoms. The maximum Gasteiger partial charge on any atom is 0.233 e. The van der Waals surface area contributed by atoms with Crippen LogP contribution < -0.4 is 10.6 Å². The quantitative estimate of drug-likeness (QED) is 0.799. The van der Waals surface area contributed by atoms with E-state index in [2.05, 4.69) is 24.5 Å². The molecule has 1 saturated carbocycles. The molecule has 1 aliphatic rings. The van der Waals surface area contributed by atoms with Crippen LogP contribution in [0, 0.1) is 0 Å². The molecular weight excluding hydrogens is 240 g/mol. The first-order valence-corrected chi connectivity index (χ1v) is 6.74. The standard InChI is InChI=1S/C15H20N2O2/c1-10(2)11-3-5-12(6-4-11)16-14(18)9-15(19)17-13-7-8-13/h3-6,10,13H,7-9H2,1-2H3,(H,16,18)(H,17,19). The van der Waals surface area contributed by atoms with Gasteiger partial charge in [0.1, 0.15) is 6.42 Å². The molecular formula is C15H20N2O2. The Bertz CT molecular complexity index is 462. The van der Waals surface area contributed by atoms with Crippen LogP contribution >= 0.6 is 0 Å². The predicted octanol–water partition coefficient (Wildman–Crippen LogP) is 2.42. The molecule has 0 atom stereocenters. The lowest BCUT2D eigenvalue weighted by molar-refractivity contribution is -0.126. The van der Waals surface area contributed by atoms with Crippen molar-refractivity contribution < 1.29 is 9.59 Å². The third kappa shape index (κ3) is 4.39. The van der Waals surface area contributed by atoms with Crippen molar-refractivity contribution in [2.75, 3.05) is 5.32 Å². The molecule has 0 heterocycles. The van der Waals surface area contributed by atoms with Gasteiger partial charge in [-0.05, 0) is 36.5 Å². The molecule has 0 aliphatic heterocycles. The van der Waals surface area contributed by atoms with E-state index >= 15 is 0 Å². The number of carbonyl (C=O) groups is 2. The summed E-state index contributed by atoms with van der Waals surface area (Å²) in [6, 6.07) is 8.01. The van der Waals surface area contributed by atoms with Gasteiger partial charge in [-0.2, -0.15) is 0 Å². The van der Waals surface area contributed by atoms with E-state index in [1.807, 2.05) is 24.3 Å². The smallest absolute Gasteiger partial charge is 0.233 e. The largest absolute Gasteiger partial charge is 0.353 e. The molecule has 0 bridgehead atoms. The van der Waals surface area contributed by atoms with E-state index in [4.69, 9.17) is 0 Å². The van der Waals surface area contributed by atoms with Crippen LogP contribution in [0.1, 0.15) is 44.6 Å². The topological polar surface area (TPSA) is 58.2 Å². The summed E-state index contributed by atoms with van der Waals surface area (Å²) in [5.41, 5.74) is 1.96. The van der Waals surface area contributed by atoms with Crippen LogP contribution in [0.5, 0.6) is 0 Å². The second-order valence-corrected chi connectivity index (χ2v) is 5.34. The average molecular weight is 260 g/mol. The van der Waals surface area contributed by atoms with E-state index < -0.39 is 0 Å². The third-order valence-electron chi connectivity index (χ3n) is 3.12. The molecule has 0 unspecified atom stereocenters. The third-order valence-corrected chi connectivity index (χ3v) is 3.12. The van der Waals surface area contributed by atoms with Crippen molar-refractivity contribution in [3.63, 3.8) is 0 Å². The van der Waals surface area contributed by atoms with Crippen LogP contribution in [0.4, 0.5) is 5.69 Å². The number of nitrogens with one attached hydrogen (secondary N) is 2. The van der Waals surface area contributed by atoms with E-state index in [9.17, 15) is 9.59 Å². The zero-order valence-electron chi connectivity index (χ0n) is 11.4. The summed E-state index contributed by atoms with van der Waals surface area (Å²) in [5.74, 6) is 0.00307. The molecule has 1 aromatic rings. The summed E-state index contributed by atoms with van der Waals surface area (Å²) in [6.07, 6.45) is 1.95. The van der Waals surface area contributed by atoms with Crippen molar-refractivity contribution in [1.82, 2.24) is 5.32 Å².